The molecule has 0 aliphatic heterocycles. The Kier molecular flexibility index (Phi) is 4.58. The molecule has 0 aromatic carbocycles. The molecule has 3 N–H and O–H groups in total. The minimum atomic E-state index is -0.0981. The van der Waals surface area contributed by atoms with E-state index in [-0.39, 0.29) is 6.10 Å². The second-order valence-corrected chi connectivity index (χ2v) is 5.54. The van der Waals surface area contributed by atoms with Crippen LogP contribution in [0.2, 0.25) is 0 Å². The quantitative estimate of drug-likeness (QED) is 0.735. The standard InChI is InChI=1S/C14H24N4O/c1-4-15-13-12(9(2)3)14(18-8-17-13)16-7-10-5-11(19)6-10/h8-11,19H,4-7H2,1-3H3,(H2,15,16,17,18). The average molecular weight is 264 g/mol. The summed E-state index contributed by atoms with van der Waals surface area (Å²) in [5.41, 5.74) is 1.14. The monoisotopic (exact) mass is 264 g/mol. The molecule has 1 saturated carbocycles. The van der Waals surface area contributed by atoms with Crippen LogP contribution in [0, 0.1) is 5.92 Å². The van der Waals surface area contributed by atoms with Crippen LogP contribution in [0.4, 0.5) is 11.6 Å². The lowest BCUT2D eigenvalue weighted by Gasteiger charge is -2.31. The third-order valence-electron chi connectivity index (χ3n) is 3.57. The van der Waals surface area contributed by atoms with Crippen LogP contribution < -0.4 is 10.6 Å². The second-order valence-electron chi connectivity index (χ2n) is 5.54. The van der Waals surface area contributed by atoms with E-state index in [0.29, 0.717) is 11.8 Å². The maximum absolute atomic E-state index is 9.31. The maximum atomic E-state index is 9.31. The van der Waals surface area contributed by atoms with E-state index < -0.39 is 0 Å². The van der Waals surface area contributed by atoms with Crippen LogP contribution in [0.25, 0.3) is 0 Å². The average Bonchev–Trinajstić information content (AvgIpc) is 2.33. The van der Waals surface area contributed by atoms with Gasteiger partial charge in [-0.3, -0.25) is 0 Å². The molecular formula is C14H24N4O. The van der Waals surface area contributed by atoms with Crippen LogP contribution in [0.5, 0.6) is 0 Å². The molecule has 1 aliphatic carbocycles. The Morgan fingerprint density at radius 3 is 2.42 bits per heavy atom. The molecule has 1 aliphatic rings. The zero-order valence-corrected chi connectivity index (χ0v) is 12.0. The largest absolute Gasteiger partial charge is 0.393 e. The van der Waals surface area contributed by atoms with Crippen molar-refractivity contribution in [3.05, 3.63) is 11.9 Å². The summed E-state index contributed by atoms with van der Waals surface area (Å²) in [7, 11) is 0. The van der Waals surface area contributed by atoms with Crippen LogP contribution in [0.15, 0.2) is 6.33 Å². The van der Waals surface area contributed by atoms with Gasteiger partial charge in [-0.1, -0.05) is 13.8 Å². The Morgan fingerprint density at radius 1 is 1.26 bits per heavy atom. The van der Waals surface area contributed by atoms with Gasteiger partial charge in [0.15, 0.2) is 0 Å². The lowest BCUT2D eigenvalue weighted by Crippen LogP contribution is -2.33. The molecule has 0 amide bonds. The van der Waals surface area contributed by atoms with Gasteiger partial charge in [0.1, 0.15) is 18.0 Å². The van der Waals surface area contributed by atoms with E-state index in [2.05, 4.69) is 41.4 Å². The molecule has 0 saturated heterocycles. The second kappa shape index (κ2) is 6.19. The molecule has 2 rings (SSSR count). The number of anilines is 2. The van der Waals surface area contributed by atoms with E-state index in [1.54, 1.807) is 6.33 Å². The first-order chi connectivity index (χ1) is 9.11. The summed E-state index contributed by atoms with van der Waals surface area (Å²) in [5.74, 6) is 2.77. The predicted octanol–water partition coefficient (Wildman–Crippen LogP) is 2.21. The highest BCUT2D eigenvalue weighted by Gasteiger charge is 2.27. The van der Waals surface area contributed by atoms with Gasteiger partial charge in [0, 0.05) is 18.7 Å². The molecule has 1 aromatic heterocycles. The van der Waals surface area contributed by atoms with Crippen LogP contribution in [0.1, 0.15) is 45.1 Å². The Labute approximate surface area is 114 Å². The van der Waals surface area contributed by atoms with Crippen LogP contribution >= 0.6 is 0 Å². The topological polar surface area (TPSA) is 70.1 Å². The van der Waals surface area contributed by atoms with Gasteiger partial charge in [-0.2, -0.15) is 0 Å². The Hall–Kier alpha value is -1.36. The number of aliphatic hydroxyl groups is 1. The summed E-state index contributed by atoms with van der Waals surface area (Å²) in [6, 6.07) is 0. The van der Waals surface area contributed by atoms with E-state index in [1.807, 2.05) is 0 Å². The first kappa shape index (κ1) is 14.1. The fourth-order valence-electron chi connectivity index (χ4n) is 2.50. The van der Waals surface area contributed by atoms with E-state index >= 15 is 0 Å². The molecule has 5 nitrogen and oxygen atoms in total. The van der Waals surface area contributed by atoms with Crippen molar-refractivity contribution in [2.75, 3.05) is 23.7 Å². The fourth-order valence-corrected chi connectivity index (χ4v) is 2.50. The van der Waals surface area contributed by atoms with Crippen molar-refractivity contribution in [3.63, 3.8) is 0 Å². The zero-order valence-electron chi connectivity index (χ0n) is 12.0. The molecule has 0 radical (unpaired) electrons. The molecule has 19 heavy (non-hydrogen) atoms. The van der Waals surface area contributed by atoms with Crippen molar-refractivity contribution in [3.8, 4) is 0 Å². The summed E-state index contributed by atoms with van der Waals surface area (Å²) in [4.78, 5) is 8.69. The van der Waals surface area contributed by atoms with Gasteiger partial charge < -0.3 is 15.7 Å². The Balaban J connectivity index is 2.07. The van der Waals surface area contributed by atoms with E-state index in [0.717, 1.165) is 43.1 Å². The normalized spacial score (nSPS) is 22.2. The minimum absolute atomic E-state index is 0.0981. The molecule has 1 heterocycles. The van der Waals surface area contributed by atoms with Gasteiger partial charge >= 0.3 is 0 Å². The molecule has 5 heteroatoms. The van der Waals surface area contributed by atoms with Gasteiger partial charge in [0.2, 0.25) is 0 Å². The molecular weight excluding hydrogens is 240 g/mol. The Bertz CT molecular complexity index is 416. The number of aliphatic hydroxyl groups excluding tert-OH is 1. The molecule has 0 unspecified atom stereocenters. The van der Waals surface area contributed by atoms with Crippen LogP contribution in [0.3, 0.4) is 0 Å². The van der Waals surface area contributed by atoms with Crippen molar-refractivity contribution < 1.29 is 5.11 Å². The molecule has 106 valence electrons. The van der Waals surface area contributed by atoms with Crippen molar-refractivity contribution in [1.82, 2.24) is 9.97 Å². The highest BCUT2D eigenvalue weighted by Crippen LogP contribution is 2.31. The maximum Gasteiger partial charge on any atom is 0.134 e. The highest BCUT2D eigenvalue weighted by molar-refractivity contribution is 5.59. The van der Waals surface area contributed by atoms with Gasteiger partial charge in [-0.05, 0) is 31.6 Å². The number of nitrogens with one attached hydrogen (secondary N) is 2. The third-order valence-corrected chi connectivity index (χ3v) is 3.57. The molecule has 1 fully saturated rings. The molecule has 0 atom stereocenters. The first-order valence-electron chi connectivity index (χ1n) is 7.12. The number of rotatable bonds is 6. The van der Waals surface area contributed by atoms with Crippen molar-refractivity contribution in [2.24, 2.45) is 5.92 Å². The van der Waals surface area contributed by atoms with E-state index in [9.17, 15) is 5.11 Å². The number of hydrogen-bond acceptors (Lipinski definition) is 5. The molecule has 0 spiro atoms. The molecule has 1 aromatic rings. The predicted molar refractivity (Wildman–Crippen MR) is 77.5 cm³/mol. The zero-order chi connectivity index (χ0) is 13.8. The summed E-state index contributed by atoms with van der Waals surface area (Å²) in [5, 5.41) is 16.0. The number of nitrogens with zero attached hydrogens (tertiary/aromatic N) is 2. The van der Waals surface area contributed by atoms with Crippen LogP contribution in [-0.2, 0) is 0 Å². The fraction of sp³-hybridized carbons (Fsp3) is 0.714. The third kappa shape index (κ3) is 3.35. The minimum Gasteiger partial charge on any atom is -0.393 e. The Morgan fingerprint density at radius 2 is 1.89 bits per heavy atom. The number of hydrogen-bond donors (Lipinski definition) is 3. The van der Waals surface area contributed by atoms with Gasteiger partial charge in [0.25, 0.3) is 0 Å². The van der Waals surface area contributed by atoms with E-state index in [4.69, 9.17) is 0 Å². The van der Waals surface area contributed by atoms with E-state index in [1.165, 1.54) is 0 Å². The highest BCUT2D eigenvalue weighted by atomic mass is 16.3. The van der Waals surface area contributed by atoms with Crippen molar-refractivity contribution in [1.29, 1.82) is 0 Å². The summed E-state index contributed by atoms with van der Waals surface area (Å²) in [6.07, 6.45) is 3.30. The number of aromatic nitrogens is 2. The van der Waals surface area contributed by atoms with Crippen molar-refractivity contribution in [2.45, 2.75) is 45.6 Å². The smallest absolute Gasteiger partial charge is 0.134 e. The lowest BCUT2D eigenvalue weighted by atomic mass is 9.82. The van der Waals surface area contributed by atoms with Crippen LogP contribution in [-0.4, -0.2) is 34.3 Å². The SMILES string of the molecule is CCNc1ncnc(NCC2CC(O)C2)c1C(C)C. The van der Waals surface area contributed by atoms with Gasteiger partial charge in [-0.15, -0.1) is 0 Å². The van der Waals surface area contributed by atoms with Gasteiger partial charge in [0.05, 0.1) is 6.10 Å². The van der Waals surface area contributed by atoms with Crippen molar-refractivity contribution >= 4 is 11.6 Å². The molecule has 0 bridgehead atoms. The summed E-state index contributed by atoms with van der Waals surface area (Å²) >= 11 is 0. The summed E-state index contributed by atoms with van der Waals surface area (Å²) in [6.45, 7) is 8.09. The first-order valence-corrected chi connectivity index (χ1v) is 7.12. The lowest BCUT2D eigenvalue weighted by molar-refractivity contribution is 0.0486. The van der Waals surface area contributed by atoms with Gasteiger partial charge in [-0.25, -0.2) is 9.97 Å². The summed E-state index contributed by atoms with van der Waals surface area (Å²) < 4.78 is 0.